The van der Waals surface area contributed by atoms with Crippen molar-refractivity contribution in [3.8, 4) is 5.75 Å². The number of aliphatic hydroxyl groups excluding tert-OH is 1. The predicted molar refractivity (Wildman–Crippen MR) is 85.9 cm³/mol. The van der Waals surface area contributed by atoms with Gasteiger partial charge < -0.3 is 14.7 Å². The molecule has 5 heteroatoms. The molecule has 0 saturated carbocycles. The van der Waals surface area contributed by atoms with E-state index in [4.69, 9.17) is 9.84 Å². The highest BCUT2D eigenvalue weighted by atomic mass is 16.5. The Labute approximate surface area is 132 Å². The Morgan fingerprint density at radius 3 is 2.77 bits per heavy atom. The van der Waals surface area contributed by atoms with E-state index in [2.05, 4.69) is 12.1 Å². The molecular weight excluding hydrogens is 280 g/mol. The summed E-state index contributed by atoms with van der Waals surface area (Å²) in [5, 5.41) is 8.94. The monoisotopic (exact) mass is 306 g/mol. The van der Waals surface area contributed by atoms with Gasteiger partial charge in [-0.3, -0.25) is 9.69 Å². The molecule has 2 rings (SSSR count). The minimum Gasteiger partial charge on any atom is -0.494 e. The van der Waals surface area contributed by atoms with Crippen LogP contribution in [0, 0.1) is 0 Å². The Hall–Kier alpha value is -1.59. The maximum atomic E-state index is 12.5. The van der Waals surface area contributed by atoms with Crippen LogP contribution in [0.25, 0.3) is 0 Å². The standard InChI is InChI=1S/C17H26N2O3/c1-3-22-15-8-6-14(7-9-15)16-5-4-10-19(16)17(21)13-18(2)11-12-20/h6-9,16,20H,3-5,10-13H2,1-2H3. The quantitative estimate of drug-likeness (QED) is 0.832. The molecule has 5 nitrogen and oxygen atoms in total. The van der Waals surface area contributed by atoms with Gasteiger partial charge in [0.1, 0.15) is 5.75 Å². The topological polar surface area (TPSA) is 53.0 Å². The van der Waals surface area contributed by atoms with Crippen LogP contribution < -0.4 is 4.74 Å². The molecular formula is C17H26N2O3. The Balaban J connectivity index is 2.01. The fraction of sp³-hybridized carbons (Fsp3) is 0.588. The summed E-state index contributed by atoms with van der Waals surface area (Å²) in [5.74, 6) is 0.997. The van der Waals surface area contributed by atoms with Crippen molar-refractivity contribution in [3.63, 3.8) is 0 Å². The normalized spacial score (nSPS) is 18.0. The zero-order valence-electron chi connectivity index (χ0n) is 13.5. The number of benzene rings is 1. The van der Waals surface area contributed by atoms with Crippen LogP contribution in [-0.4, -0.2) is 60.7 Å². The molecule has 1 aromatic rings. The van der Waals surface area contributed by atoms with Crippen LogP contribution in [0.5, 0.6) is 5.75 Å². The zero-order valence-corrected chi connectivity index (χ0v) is 13.5. The molecule has 0 radical (unpaired) electrons. The van der Waals surface area contributed by atoms with Crippen molar-refractivity contribution in [2.45, 2.75) is 25.8 Å². The van der Waals surface area contributed by atoms with Gasteiger partial charge in [-0.1, -0.05) is 12.1 Å². The molecule has 1 saturated heterocycles. The van der Waals surface area contributed by atoms with Gasteiger partial charge in [0, 0.05) is 13.1 Å². The molecule has 122 valence electrons. The molecule has 1 fully saturated rings. The number of aliphatic hydroxyl groups is 1. The van der Waals surface area contributed by atoms with Crippen LogP contribution in [-0.2, 0) is 4.79 Å². The van der Waals surface area contributed by atoms with Crippen molar-refractivity contribution < 1.29 is 14.6 Å². The van der Waals surface area contributed by atoms with Crippen LogP contribution in [0.1, 0.15) is 31.4 Å². The lowest BCUT2D eigenvalue weighted by Gasteiger charge is -2.27. The van der Waals surface area contributed by atoms with Gasteiger partial charge in [0.25, 0.3) is 0 Å². The van der Waals surface area contributed by atoms with E-state index < -0.39 is 0 Å². The predicted octanol–water partition coefficient (Wildman–Crippen LogP) is 1.67. The minimum absolute atomic E-state index is 0.0755. The highest BCUT2D eigenvalue weighted by Gasteiger charge is 2.30. The number of carbonyl (C=O) groups excluding carboxylic acids is 1. The lowest BCUT2D eigenvalue weighted by atomic mass is 10.0. The van der Waals surface area contributed by atoms with Crippen molar-refractivity contribution >= 4 is 5.91 Å². The van der Waals surface area contributed by atoms with E-state index in [0.717, 1.165) is 25.1 Å². The second kappa shape index (κ2) is 8.15. The van der Waals surface area contributed by atoms with Crippen molar-refractivity contribution in [1.82, 2.24) is 9.80 Å². The lowest BCUT2D eigenvalue weighted by molar-refractivity contribution is -0.133. The van der Waals surface area contributed by atoms with Crippen molar-refractivity contribution in [3.05, 3.63) is 29.8 Å². The van der Waals surface area contributed by atoms with E-state index >= 15 is 0 Å². The number of hydrogen-bond acceptors (Lipinski definition) is 4. The molecule has 1 heterocycles. The first-order valence-corrected chi connectivity index (χ1v) is 7.97. The first-order chi connectivity index (χ1) is 10.7. The van der Waals surface area contributed by atoms with Gasteiger partial charge in [0.15, 0.2) is 0 Å². The van der Waals surface area contributed by atoms with Crippen LogP contribution in [0.15, 0.2) is 24.3 Å². The second-order valence-electron chi connectivity index (χ2n) is 5.71. The third-order valence-corrected chi connectivity index (χ3v) is 4.04. The smallest absolute Gasteiger partial charge is 0.237 e. The number of likely N-dealkylation sites (N-methyl/N-ethyl adjacent to an activating group) is 1. The molecule has 1 N–H and O–H groups in total. The molecule has 1 unspecified atom stereocenters. The molecule has 1 atom stereocenters. The molecule has 0 spiro atoms. The van der Waals surface area contributed by atoms with E-state index in [9.17, 15) is 4.79 Å². The van der Waals surface area contributed by atoms with Crippen LogP contribution in [0.3, 0.4) is 0 Å². The van der Waals surface area contributed by atoms with Gasteiger partial charge >= 0.3 is 0 Å². The SMILES string of the molecule is CCOc1ccc(C2CCCN2C(=O)CN(C)CCO)cc1. The third-order valence-electron chi connectivity index (χ3n) is 4.04. The molecule has 0 aliphatic carbocycles. The summed E-state index contributed by atoms with van der Waals surface area (Å²) < 4.78 is 5.47. The third kappa shape index (κ3) is 4.21. The highest BCUT2D eigenvalue weighted by molar-refractivity contribution is 5.79. The maximum absolute atomic E-state index is 12.5. The van der Waals surface area contributed by atoms with Gasteiger partial charge in [-0.15, -0.1) is 0 Å². The molecule has 1 amide bonds. The Kier molecular flexibility index (Phi) is 6.21. The van der Waals surface area contributed by atoms with Crippen molar-refractivity contribution in [2.75, 3.05) is 39.9 Å². The number of nitrogens with zero attached hydrogens (tertiary/aromatic N) is 2. The fourth-order valence-corrected chi connectivity index (χ4v) is 2.94. The van der Waals surface area contributed by atoms with E-state index in [1.807, 2.05) is 35.9 Å². The maximum Gasteiger partial charge on any atom is 0.237 e. The van der Waals surface area contributed by atoms with E-state index in [1.165, 1.54) is 5.56 Å². The summed E-state index contributed by atoms with van der Waals surface area (Å²) in [5.41, 5.74) is 1.17. The van der Waals surface area contributed by atoms with Crippen LogP contribution in [0.2, 0.25) is 0 Å². The Morgan fingerprint density at radius 1 is 1.41 bits per heavy atom. The number of hydrogen-bond donors (Lipinski definition) is 1. The molecule has 1 aliphatic heterocycles. The summed E-state index contributed by atoms with van der Waals surface area (Å²) in [7, 11) is 1.86. The minimum atomic E-state index is 0.0755. The van der Waals surface area contributed by atoms with Gasteiger partial charge in [-0.2, -0.15) is 0 Å². The van der Waals surface area contributed by atoms with Crippen molar-refractivity contribution in [2.24, 2.45) is 0 Å². The molecule has 0 bridgehead atoms. The summed E-state index contributed by atoms with van der Waals surface area (Å²) in [6, 6.07) is 8.21. The summed E-state index contributed by atoms with van der Waals surface area (Å²) in [4.78, 5) is 16.3. The number of likely N-dealkylation sites (tertiary alicyclic amines) is 1. The van der Waals surface area contributed by atoms with Gasteiger partial charge in [0.05, 0.1) is 25.8 Å². The second-order valence-corrected chi connectivity index (χ2v) is 5.71. The van der Waals surface area contributed by atoms with Crippen molar-refractivity contribution in [1.29, 1.82) is 0 Å². The van der Waals surface area contributed by atoms with E-state index in [1.54, 1.807) is 0 Å². The highest BCUT2D eigenvalue weighted by Crippen LogP contribution is 2.32. The average molecular weight is 306 g/mol. The summed E-state index contributed by atoms with van der Waals surface area (Å²) in [6.07, 6.45) is 2.04. The lowest BCUT2D eigenvalue weighted by Crippen LogP contribution is -2.39. The number of carbonyl (C=O) groups is 1. The fourth-order valence-electron chi connectivity index (χ4n) is 2.94. The first kappa shape index (κ1) is 16.8. The molecule has 22 heavy (non-hydrogen) atoms. The average Bonchev–Trinajstić information content (AvgIpc) is 2.98. The molecule has 1 aliphatic rings. The van der Waals surface area contributed by atoms with Gasteiger partial charge in [-0.05, 0) is 44.5 Å². The Bertz CT molecular complexity index is 475. The largest absolute Gasteiger partial charge is 0.494 e. The molecule has 0 aromatic heterocycles. The van der Waals surface area contributed by atoms with Crippen LogP contribution >= 0.6 is 0 Å². The molecule has 1 aromatic carbocycles. The number of amides is 1. The Morgan fingerprint density at radius 2 is 2.14 bits per heavy atom. The number of ether oxygens (including phenoxy) is 1. The first-order valence-electron chi connectivity index (χ1n) is 7.97. The summed E-state index contributed by atoms with van der Waals surface area (Å²) >= 11 is 0. The van der Waals surface area contributed by atoms with E-state index in [-0.39, 0.29) is 18.6 Å². The van der Waals surface area contributed by atoms with E-state index in [0.29, 0.717) is 19.7 Å². The number of rotatable bonds is 7. The van der Waals surface area contributed by atoms with Gasteiger partial charge in [0.2, 0.25) is 5.91 Å². The van der Waals surface area contributed by atoms with Crippen LogP contribution in [0.4, 0.5) is 0 Å². The zero-order chi connectivity index (χ0) is 15.9. The van der Waals surface area contributed by atoms with Gasteiger partial charge in [-0.25, -0.2) is 0 Å². The summed E-state index contributed by atoms with van der Waals surface area (Å²) in [6.45, 7) is 4.38.